The zero-order valence-corrected chi connectivity index (χ0v) is 7.47. The largest absolute Gasteiger partial charge is 0.457 e. The molecule has 0 fully saturated rings. The second-order valence-electron chi connectivity index (χ2n) is 3.35. The molecule has 0 aliphatic heterocycles. The molecule has 0 rings (SSSR count). The van der Waals surface area contributed by atoms with Gasteiger partial charge in [0.15, 0.2) is 0 Å². The molecule has 0 amide bonds. The van der Waals surface area contributed by atoms with Crippen LogP contribution in [0.2, 0.25) is 0 Å². The lowest BCUT2D eigenvalue weighted by atomic mass is 10.2. The number of nitrogens with two attached hydrogens (primary N) is 1. The Bertz CT molecular complexity index is 177. The average molecular weight is 157 g/mol. The highest BCUT2D eigenvalue weighted by molar-refractivity contribution is 5.87. The number of carbonyl (C=O) groups is 1. The Morgan fingerprint density at radius 3 is 2.18 bits per heavy atom. The Labute approximate surface area is 67.2 Å². The summed E-state index contributed by atoms with van der Waals surface area (Å²) < 4.78 is 5.00. The van der Waals surface area contributed by atoms with Crippen LogP contribution in [0.4, 0.5) is 0 Å². The monoisotopic (exact) mass is 157 g/mol. The topological polar surface area (TPSA) is 52.3 Å². The Morgan fingerprint density at radius 1 is 1.45 bits per heavy atom. The summed E-state index contributed by atoms with van der Waals surface area (Å²) in [5.74, 6) is -0.361. The predicted octanol–water partition coefficient (Wildman–Crippen LogP) is 1.19. The van der Waals surface area contributed by atoms with E-state index in [0.717, 1.165) is 0 Å². The quantitative estimate of drug-likeness (QED) is 0.459. The van der Waals surface area contributed by atoms with E-state index in [1.54, 1.807) is 6.92 Å². The van der Waals surface area contributed by atoms with Crippen molar-refractivity contribution in [3.05, 3.63) is 11.8 Å². The third-order valence-corrected chi connectivity index (χ3v) is 0.971. The lowest BCUT2D eigenvalue weighted by molar-refractivity contribution is -0.149. The van der Waals surface area contributed by atoms with Crippen LogP contribution in [0.5, 0.6) is 0 Å². The van der Waals surface area contributed by atoms with Gasteiger partial charge in [-0.25, -0.2) is 4.79 Å². The highest BCUT2D eigenvalue weighted by atomic mass is 16.6. The lowest BCUT2D eigenvalue weighted by Gasteiger charge is -2.19. The first kappa shape index (κ1) is 10.0. The van der Waals surface area contributed by atoms with Crippen LogP contribution in [0, 0.1) is 0 Å². The van der Waals surface area contributed by atoms with Gasteiger partial charge in [0.1, 0.15) is 5.60 Å². The summed E-state index contributed by atoms with van der Waals surface area (Å²) in [6.45, 7) is 7.06. The van der Waals surface area contributed by atoms with Crippen molar-refractivity contribution in [2.45, 2.75) is 33.3 Å². The molecule has 0 aliphatic carbocycles. The van der Waals surface area contributed by atoms with E-state index in [4.69, 9.17) is 10.5 Å². The minimum Gasteiger partial charge on any atom is -0.457 e. The zero-order chi connectivity index (χ0) is 9.07. The summed E-state index contributed by atoms with van der Waals surface area (Å²) in [5.41, 5.74) is 5.12. The van der Waals surface area contributed by atoms with Crippen molar-refractivity contribution in [3.63, 3.8) is 0 Å². The molecule has 2 N–H and O–H groups in total. The first-order valence-electron chi connectivity index (χ1n) is 3.48. The zero-order valence-electron chi connectivity index (χ0n) is 7.47. The first-order valence-corrected chi connectivity index (χ1v) is 3.48. The molecule has 3 heteroatoms. The molecule has 0 unspecified atom stereocenters. The van der Waals surface area contributed by atoms with Gasteiger partial charge in [-0.3, -0.25) is 0 Å². The van der Waals surface area contributed by atoms with Crippen molar-refractivity contribution < 1.29 is 9.53 Å². The van der Waals surface area contributed by atoms with Crippen molar-refractivity contribution >= 4 is 5.97 Å². The van der Waals surface area contributed by atoms with E-state index < -0.39 is 5.60 Å². The van der Waals surface area contributed by atoms with E-state index in [9.17, 15) is 4.79 Å². The van der Waals surface area contributed by atoms with Gasteiger partial charge in [0, 0.05) is 11.8 Å². The number of esters is 1. The standard InChI is InChI=1S/C8H15NO2/c1-6(5-9)7(10)11-8(2,3)4/h5H,9H2,1-4H3. The first-order chi connectivity index (χ1) is 4.87. The number of ether oxygens (including phenoxy) is 1. The normalized spacial score (nSPS) is 12.9. The van der Waals surface area contributed by atoms with Crippen molar-refractivity contribution in [3.8, 4) is 0 Å². The lowest BCUT2D eigenvalue weighted by Crippen LogP contribution is -2.24. The molecule has 0 spiro atoms. The molecule has 11 heavy (non-hydrogen) atoms. The van der Waals surface area contributed by atoms with Crippen molar-refractivity contribution in [2.75, 3.05) is 0 Å². The van der Waals surface area contributed by atoms with Crippen LogP contribution < -0.4 is 5.73 Å². The molecular formula is C8H15NO2. The fourth-order valence-electron chi connectivity index (χ4n) is 0.427. The molecule has 0 bridgehead atoms. The van der Waals surface area contributed by atoms with Gasteiger partial charge in [-0.15, -0.1) is 0 Å². The van der Waals surface area contributed by atoms with Gasteiger partial charge >= 0.3 is 5.97 Å². The molecule has 0 aromatic rings. The number of rotatable bonds is 1. The Balaban J connectivity index is 4.10. The predicted molar refractivity (Wildman–Crippen MR) is 43.8 cm³/mol. The van der Waals surface area contributed by atoms with E-state index in [-0.39, 0.29) is 5.97 Å². The molecule has 0 saturated heterocycles. The summed E-state index contributed by atoms with van der Waals surface area (Å²) >= 11 is 0. The van der Waals surface area contributed by atoms with E-state index >= 15 is 0 Å². The number of hydrogen-bond donors (Lipinski definition) is 1. The SMILES string of the molecule is CC(=CN)C(=O)OC(C)(C)C. The van der Waals surface area contributed by atoms with Gasteiger partial charge in [0.2, 0.25) is 0 Å². The molecule has 0 aliphatic rings. The van der Waals surface area contributed by atoms with Gasteiger partial charge in [0.05, 0.1) is 0 Å². The maximum absolute atomic E-state index is 11.0. The molecule has 64 valence electrons. The third-order valence-electron chi connectivity index (χ3n) is 0.971. The van der Waals surface area contributed by atoms with Crippen LogP contribution in [0.25, 0.3) is 0 Å². The van der Waals surface area contributed by atoms with Crippen LogP contribution in [0.1, 0.15) is 27.7 Å². The minimum absolute atomic E-state index is 0.361. The minimum atomic E-state index is -0.443. The fraction of sp³-hybridized carbons (Fsp3) is 0.625. The number of hydrogen-bond acceptors (Lipinski definition) is 3. The maximum Gasteiger partial charge on any atom is 0.335 e. The van der Waals surface area contributed by atoms with Crippen LogP contribution >= 0.6 is 0 Å². The Morgan fingerprint density at radius 2 is 1.91 bits per heavy atom. The van der Waals surface area contributed by atoms with Gasteiger partial charge in [-0.2, -0.15) is 0 Å². The summed E-state index contributed by atoms with van der Waals surface area (Å²) in [4.78, 5) is 11.0. The smallest absolute Gasteiger partial charge is 0.335 e. The fourth-order valence-corrected chi connectivity index (χ4v) is 0.427. The van der Waals surface area contributed by atoms with Crippen LogP contribution in [-0.4, -0.2) is 11.6 Å². The highest BCUT2D eigenvalue weighted by Crippen LogP contribution is 2.09. The van der Waals surface area contributed by atoms with E-state index in [2.05, 4.69) is 0 Å². The highest BCUT2D eigenvalue weighted by Gasteiger charge is 2.16. The molecule has 3 nitrogen and oxygen atoms in total. The molecule has 0 heterocycles. The molecule has 0 atom stereocenters. The second-order valence-corrected chi connectivity index (χ2v) is 3.35. The summed E-state index contributed by atoms with van der Waals surface area (Å²) in [5, 5.41) is 0. The maximum atomic E-state index is 11.0. The van der Waals surface area contributed by atoms with Gasteiger partial charge in [-0.1, -0.05) is 0 Å². The van der Waals surface area contributed by atoms with Gasteiger partial charge in [0.25, 0.3) is 0 Å². The Hall–Kier alpha value is -0.990. The third kappa shape index (κ3) is 4.42. The molecule has 0 aromatic carbocycles. The van der Waals surface area contributed by atoms with Crippen molar-refractivity contribution in [1.29, 1.82) is 0 Å². The molecule has 0 aromatic heterocycles. The van der Waals surface area contributed by atoms with Gasteiger partial charge < -0.3 is 10.5 Å². The molecule has 0 radical (unpaired) electrons. The second kappa shape index (κ2) is 3.42. The van der Waals surface area contributed by atoms with Crippen molar-refractivity contribution in [1.82, 2.24) is 0 Å². The number of carbonyl (C=O) groups excluding carboxylic acids is 1. The van der Waals surface area contributed by atoms with Crippen LogP contribution in [0.3, 0.4) is 0 Å². The van der Waals surface area contributed by atoms with Crippen molar-refractivity contribution in [2.24, 2.45) is 5.73 Å². The van der Waals surface area contributed by atoms with Gasteiger partial charge in [-0.05, 0) is 27.7 Å². The van der Waals surface area contributed by atoms with E-state index in [0.29, 0.717) is 5.57 Å². The Kier molecular flexibility index (Phi) is 3.11. The molecular weight excluding hydrogens is 142 g/mol. The summed E-state index contributed by atoms with van der Waals surface area (Å²) in [6.07, 6.45) is 1.24. The average Bonchev–Trinajstić information content (AvgIpc) is 1.82. The summed E-state index contributed by atoms with van der Waals surface area (Å²) in [7, 11) is 0. The van der Waals surface area contributed by atoms with E-state index in [1.165, 1.54) is 6.20 Å². The van der Waals surface area contributed by atoms with Crippen LogP contribution in [-0.2, 0) is 9.53 Å². The molecule has 0 saturated carbocycles. The van der Waals surface area contributed by atoms with Crippen LogP contribution in [0.15, 0.2) is 11.8 Å². The summed E-state index contributed by atoms with van der Waals surface area (Å²) in [6, 6.07) is 0. The van der Waals surface area contributed by atoms with E-state index in [1.807, 2.05) is 20.8 Å².